The third kappa shape index (κ3) is 3.98. The second-order valence-electron chi connectivity index (χ2n) is 8.83. The molecule has 1 amide bonds. The fourth-order valence-corrected chi connectivity index (χ4v) is 4.31. The minimum atomic E-state index is -0.556. The predicted molar refractivity (Wildman–Crippen MR) is 123 cm³/mol. The van der Waals surface area contributed by atoms with Crippen molar-refractivity contribution in [3.8, 4) is 5.69 Å². The van der Waals surface area contributed by atoms with E-state index in [2.05, 4.69) is 0 Å². The van der Waals surface area contributed by atoms with Crippen LogP contribution in [0.5, 0.6) is 0 Å². The number of Topliss-reactive ketones (excluding diaryl/α,β-unsaturated/α-hetero) is 1. The summed E-state index contributed by atoms with van der Waals surface area (Å²) in [7, 11) is 1.56. The normalized spacial score (nSPS) is 14.7. The SMILES string of the molecule is CN(C(=O)c1c2c(cn(-c3ccc(F)cc3)c1=O)C(=O)CC(C)(C)C2)c1cccc(Cl)c1. The molecule has 0 saturated carbocycles. The Morgan fingerprint density at radius 2 is 1.78 bits per heavy atom. The number of amides is 1. The molecule has 0 bridgehead atoms. The molecule has 0 unspecified atom stereocenters. The number of hydrogen-bond acceptors (Lipinski definition) is 3. The summed E-state index contributed by atoms with van der Waals surface area (Å²) in [6.07, 6.45) is 2.19. The lowest BCUT2D eigenvalue weighted by atomic mass is 9.73. The highest BCUT2D eigenvalue weighted by Gasteiger charge is 2.36. The van der Waals surface area contributed by atoms with Crippen LogP contribution in [-0.4, -0.2) is 23.3 Å². The van der Waals surface area contributed by atoms with Crippen LogP contribution in [0.3, 0.4) is 0 Å². The zero-order valence-electron chi connectivity index (χ0n) is 18.0. The van der Waals surface area contributed by atoms with Crippen LogP contribution in [-0.2, 0) is 6.42 Å². The number of nitrogens with zero attached hydrogens (tertiary/aromatic N) is 2. The summed E-state index contributed by atoms with van der Waals surface area (Å²) >= 11 is 6.08. The standard InChI is InChI=1S/C25H22ClFN2O3/c1-25(2)12-19-20(21(30)13-25)14-29(17-9-7-16(27)8-10-17)24(32)22(19)23(31)28(3)18-6-4-5-15(26)11-18/h4-11,14H,12-13H2,1-3H3. The number of pyridine rings is 1. The Balaban J connectivity index is 1.95. The quantitative estimate of drug-likeness (QED) is 0.558. The Labute approximate surface area is 190 Å². The van der Waals surface area contributed by atoms with Gasteiger partial charge >= 0.3 is 0 Å². The average molecular weight is 453 g/mol. The largest absolute Gasteiger partial charge is 0.311 e. The lowest BCUT2D eigenvalue weighted by Crippen LogP contribution is -2.39. The molecule has 0 fully saturated rings. The summed E-state index contributed by atoms with van der Waals surface area (Å²) < 4.78 is 14.7. The van der Waals surface area contributed by atoms with Gasteiger partial charge in [0.2, 0.25) is 0 Å². The highest BCUT2D eigenvalue weighted by Crippen LogP contribution is 2.36. The molecule has 0 saturated heterocycles. The second-order valence-corrected chi connectivity index (χ2v) is 9.27. The van der Waals surface area contributed by atoms with Gasteiger partial charge in [-0.15, -0.1) is 0 Å². The Hall–Kier alpha value is -3.25. The average Bonchev–Trinajstić information content (AvgIpc) is 2.72. The summed E-state index contributed by atoms with van der Waals surface area (Å²) in [4.78, 5) is 41.5. The first-order chi connectivity index (χ1) is 15.1. The van der Waals surface area contributed by atoms with Gasteiger partial charge in [-0.1, -0.05) is 31.5 Å². The Morgan fingerprint density at radius 3 is 2.44 bits per heavy atom. The van der Waals surface area contributed by atoms with Crippen molar-refractivity contribution in [1.82, 2.24) is 4.57 Å². The van der Waals surface area contributed by atoms with Gasteiger partial charge in [-0.05, 0) is 59.9 Å². The summed E-state index contributed by atoms with van der Waals surface area (Å²) in [6.45, 7) is 3.88. The molecule has 1 aromatic heterocycles. The van der Waals surface area contributed by atoms with Gasteiger partial charge < -0.3 is 4.90 Å². The Bertz CT molecular complexity index is 1300. The molecule has 0 N–H and O–H groups in total. The fraction of sp³-hybridized carbons (Fsp3) is 0.240. The van der Waals surface area contributed by atoms with Crippen molar-refractivity contribution in [2.75, 3.05) is 11.9 Å². The molecule has 5 nitrogen and oxygen atoms in total. The molecule has 164 valence electrons. The minimum absolute atomic E-state index is 0.0598. The number of fused-ring (bicyclic) bond motifs is 1. The first-order valence-corrected chi connectivity index (χ1v) is 10.6. The van der Waals surface area contributed by atoms with Gasteiger partial charge in [0.1, 0.15) is 11.4 Å². The van der Waals surface area contributed by atoms with E-state index in [0.29, 0.717) is 40.4 Å². The fourth-order valence-electron chi connectivity index (χ4n) is 4.13. The molecule has 3 aromatic rings. The van der Waals surface area contributed by atoms with Crippen molar-refractivity contribution in [3.05, 3.63) is 92.6 Å². The molecule has 2 aromatic carbocycles. The number of carbonyl (C=O) groups excluding carboxylic acids is 2. The summed E-state index contributed by atoms with van der Waals surface area (Å²) in [6, 6.07) is 12.1. The highest BCUT2D eigenvalue weighted by molar-refractivity contribution is 6.31. The van der Waals surface area contributed by atoms with E-state index in [9.17, 15) is 18.8 Å². The van der Waals surface area contributed by atoms with Crippen molar-refractivity contribution >= 4 is 29.0 Å². The number of hydrogen-bond donors (Lipinski definition) is 0. The van der Waals surface area contributed by atoms with E-state index in [1.165, 1.54) is 39.9 Å². The van der Waals surface area contributed by atoms with Crippen molar-refractivity contribution < 1.29 is 14.0 Å². The molecule has 1 aliphatic rings. The van der Waals surface area contributed by atoms with Gasteiger partial charge in [-0.25, -0.2) is 4.39 Å². The van der Waals surface area contributed by atoms with Crippen LogP contribution < -0.4 is 10.5 Å². The van der Waals surface area contributed by atoms with Crippen LogP contribution >= 0.6 is 11.6 Å². The van der Waals surface area contributed by atoms with Crippen molar-refractivity contribution in [2.24, 2.45) is 5.41 Å². The van der Waals surface area contributed by atoms with Gasteiger partial charge in [0.05, 0.1) is 0 Å². The van der Waals surface area contributed by atoms with E-state index in [0.717, 1.165) is 0 Å². The number of rotatable bonds is 3. The van der Waals surface area contributed by atoms with Gasteiger partial charge in [-0.3, -0.25) is 19.0 Å². The van der Waals surface area contributed by atoms with Crippen LogP contribution in [0.2, 0.25) is 5.02 Å². The smallest absolute Gasteiger partial charge is 0.268 e. The van der Waals surface area contributed by atoms with Crippen LogP contribution in [0.25, 0.3) is 5.69 Å². The molecule has 0 radical (unpaired) electrons. The maximum absolute atomic E-state index is 13.6. The van der Waals surface area contributed by atoms with Crippen LogP contribution in [0.15, 0.2) is 59.5 Å². The zero-order valence-corrected chi connectivity index (χ0v) is 18.7. The van der Waals surface area contributed by atoms with Crippen LogP contribution in [0.4, 0.5) is 10.1 Å². The molecule has 1 heterocycles. The Kier molecular flexibility index (Phi) is 5.51. The molecule has 1 aliphatic carbocycles. The van der Waals surface area contributed by atoms with E-state index < -0.39 is 17.3 Å². The molecule has 32 heavy (non-hydrogen) atoms. The van der Waals surface area contributed by atoms with E-state index in [4.69, 9.17) is 11.6 Å². The molecule has 0 atom stereocenters. The zero-order chi connectivity index (χ0) is 23.2. The monoisotopic (exact) mass is 452 g/mol. The number of halogens is 2. The second kappa shape index (κ2) is 8.02. The number of carbonyl (C=O) groups is 2. The topological polar surface area (TPSA) is 59.4 Å². The van der Waals surface area contributed by atoms with Crippen molar-refractivity contribution in [2.45, 2.75) is 26.7 Å². The number of benzene rings is 2. The van der Waals surface area contributed by atoms with Crippen LogP contribution in [0.1, 0.15) is 46.5 Å². The Morgan fingerprint density at radius 1 is 1.09 bits per heavy atom. The maximum atomic E-state index is 13.6. The first kappa shape index (κ1) is 22.0. The third-order valence-corrected chi connectivity index (χ3v) is 5.97. The van der Waals surface area contributed by atoms with Gasteiger partial charge in [0.25, 0.3) is 11.5 Å². The van der Waals surface area contributed by atoms with Gasteiger partial charge in [-0.2, -0.15) is 0 Å². The lowest BCUT2D eigenvalue weighted by Gasteiger charge is -2.32. The minimum Gasteiger partial charge on any atom is -0.311 e. The first-order valence-electron chi connectivity index (χ1n) is 10.2. The molecule has 7 heteroatoms. The molecular formula is C25H22ClFN2O3. The molecule has 0 aliphatic heterocycles. The number of ketones is 1. The molecule has 4 rings (SSSR count). The van der Waals surface area contributed by atoms with E-state index in [-0.39, 0.29) is 16.8 Å². The molecule has 0 spiro atoms. The van der Waals surface area contributed by atoms with E-state index >= 15 is 0 Å². The number of anilines is 1. The van der Waals surface area contributed by atoms with E-state index in [1.807, 2.05) is 13.8 Å². The van der Waals surface area contributed by atoms with Crippen LogP contribution in [0, 0.1) is 11.2 Å². The lowest BCUT2D eigenvalue weighted by molar-refractivity contribution is 0.0910. The van der Waals surface area contributed by atoms with E-state index in [1.54, 1.807) is 31.3 Å². The summed E-state index contributed by atoms with van der Waals surface area (Å²) in [5.41, 5.74) is 0.688. The highest BCUT2D eigenvalue weighted by atomic mass is 35.5. The van der Waals surface area contributed by atoms with Gasteiger partial charge in [0, 0.05) is 41.6 Å². The number of aromatic nitrogens is 1. The van der Waals surface area contributed by atoms with Crippen molar-refractivity contribution in [3.63, 3.8) is 0 Å². The third-order valence-electron chi connectivity index (χ3n) is 5.73. The maximum Gasteiger partial charge on any atom is 0.268 e. The van der Waals surface area contributed by atoms with Gasteiger partial charge in [0.15, 0.2) is 5.78 Å². The summed E-state index contributed by atoms with van der Waals surface area (Å²) in [5, 5.41) is 0.456. The van der Waals surface area contributed by atoms with Crippen molar-refractivity contribution in [1.29, 1.82) is 0 Å². The predicted octanol–water partition coefficient (Wildman–Crippen LogP) is 5.06. The molecular weight excluding hydrogens is 431 g/mol. The summed E-state index contributed by atoms with van der Waals surface area (Å²) in [5.74, 6) is -1.11.